The monoisotopic (exact) mass is 503 g/mol. The Kier molecular flexibility index (Phi) is 7.73. The van der Waals surface area contributed by atoms with Crippen molar-refractivity contribution in [2.45, 2.75) is 20.3 Å². The summed E-state index contributed by atoms with van der Waals surface area (Å²) < 4.78 is 11.2. The van der Waals surface area contributed by atoms with Crippen LogP contribution in [0.2, 0.25) is 0 Å². The van der Waals surface area contributed by atoms with Gasteiger partial charge in [-0.2, -0.15) is 5.10 Å². The molecule has 0 saturated heterocycles. The molecule has 0 aliphatic heterocycles. The molecule has 0 bridgehead atoms. The lowest BCUT2D eigenvalue weighted by Gasteiger charge is -2.07. The Morgan fingerprint density at radius 1 is 1.35 bits per heavy atom. The van der Waals surface area contributed by atoms with Crippen molar-refractivity contribution < 1.29 is 19.1 Å². The van der Waals surface area contributed by atoms with E-state index in [0.717, 1.165) is 5.56 Å². The van der Waals surface area contributed by atoms with Crippen LogP contribution < -0.4 is 10.2 Å². The minimum absolute atomic E-state index is 0.132. The fourth-order valence-corrected chi connectivity index (χ4v) is 3.90. The van der Waals surface area contributed by atoms with E-state index < -0.39 is 5.97 Å². The topological polar surface area (TPSA) is 89.9 Å². The summed E-state index contributed by atoms with van der Waals surface area (Å²) in [5, 5.41) is 6.46. The molecule has 0 aliphatic rings. The van der Waals surface area contributed by atoms with E-state index in [1.807, 2.05) is 0 Å². The molecule has 2 rings (SSSR count). The third-order valence-corrected chi connectivity index (χ3v) is 4.80. The fraction of sp³-hybridized carbons (Fsp3) is 0.250. The number of hydrogen-bond acceptors (Lipinski definition) is 8. The molecule has 2 aromatic rings. The van der Waals surface area contributed by atoms with Gasteiger partial charge in [0, 0.05) is 12.3 Å². The van der Waals surface area contributed by atoms with Gasteiger partial charge in [0.2, 0.25) is 5.13 Å². The number of benzene rings is 1. The van der Waals surface area contributed by atoms with Gasteiger partial charge in [-0.05, 0) is 56.5 Å². The maximum Gasteiger partial charge on any atom is 0.311 e. The molecule has 1 aromatic carbocycles. The van der Waals surface area contributed by atoms with Crippen LogP contribution in [0.1, 0.15) is 25.1 Å². The van der Waals surface area contributed by atoms with Crippen LogP contribution in [0.15, 0.2) is 31.6 Å². The average molecular weight is 505 g/mol. The van der Waals surface area contributed by atoms with E-state index in [-0.39, 0.29) is 12.4 Å². The number of thiazole rings is 1. The first-order chi connectivity index (χ1) is 12.4. The average Bonchev–Trinajstić information content (AvgIpc) is 2.98. The summed E-state index contributed by atoms with van der Waals surface area (Å²) in [4.78, 5) is 26.8. The van der Waals surface area contributed by atoms with Gasteiger partial charge in [-0.3, -0.25) is 15.0 Å². The van der Waals surface area contributed by atoms with Gasteiger partial charge in [0.15, 0.2) is 5.75 Å². The van der Waals surface area contributed by atoms with E-state index in [1.54, 1.807) is 30.7 Å². The van der Waals surface area contributed by atoms with Crippen LogP contribution in [0.5, 0.6) is 5.75 Å². The van der Waals surface area contributed by atoms with Crippen LogP contribution in [-0.4, -0.2) is 29.7 Å². The zero-order valence-electron chi connectivity index (χ0n) is 13.9. The molecule has 1 aromatic heterocycles. The van der Waals surface area contributed by atoms with Crippen LogP contribution in [0.4, 0.5) is 5.13 Å². The lowest BCUT2D eigenvalue weighted by molar-refractivity contribution is -0.142. The van der Waals surface area contributed by atoms with Crippen LogP contribution in [0.25, 0.3) is 0 Å². The number of nitrogens with one attached hydrogen (secondary N) is 1. The summed E-state index contributed by atoms with van der Waals surface area (Å²) in [7, 11) is 0. The normalized spacial score (nSPS) is 10.8. The summed E-state index contributed by atoms with van der Waals surface area (Å²) in [5.74, 6) is -0.307. The third-order valence-electron chi connectivity index (χ3n) is 2.82. The molecule has 26 heavy (non-hydrogen) atoms. The smallest absolute Gasteiger partial charge is 0.311 e. The Morgan fingerprint density at radius 3 is 2.65 bits per heavy atom. The largest absolute Gasteiger partial charge is 0.466 e. The van der Waals surface area contributed by atoms with Crippen molar-refractivity contribution in [3.05, 3.63) is 37.7 Å². The summed E-state index contributed by atoms with van der Waals surface area (Å²) >= 11 is 8.06. The number of anilines is 1. The minimum atomic E-state index is -0.406. The van der Waals surface area contributed by atoms with Crippen molar-refractivity contribution in [1.82, 2.24) is 4.98 Å². The Bertz CT molecular complexity index is 816. The molecule has 1 N–H and O–H groups in total. The van der Waals surface area contributed by atoms with Gasteiger partial charge in [-0.15, -0.1) is 11.3 Å². The van der Waals surface area contributed by atoms with E-state index in [4.69, 9.17) is 9.47 Å². The molecule has 0 saturated carbocycles. The first-order valence-electron chi connectivity index (χ1n) is 7.45. The number of aromatic nitrogens is 1. The maximum atomic E-state index is 11.4. The van der Waals surface area contributed by atoms with E-state index in [1.165, 1.54) is 18.3 Å². The number of esters is 2. The third kappa shape index (κ3) is 6.19. The van der Waals surface area contributed by atoms with Crippen molar-refractivity contribution in [3.8, 4) is 5.75 Å². The number of ether oxygens (including phenoxy) is 2. The Hall–Kier alpha value is -1.78. The molecule has 0 amide bonds. The highest BCUT2D eigenvalue weighted by atomic mass is 79.9. The number of halogens is 2. The fourth-order valence-electron chi connectivity index (χ4n) is 1.86. The van der Waals surface area contributed by atoms with Crippen LogP contribution in [0, 0.1) is 0 Å². The molecule has 0 unspecified atom stereocenters. The van der Waals surface area contributed by atoms with Gasteiger partial charge in [0.05, 0.1) is 33.9 Å². The molecule has 0 spiro atoms. The van der Waals surface area contributed by atoms with Crippen molar-refractivity contribution in [2.75, 3.05) is 12.0 Å². The number of rotatable bonds is 7. The van der Waals surface area contributed by atoms with Gasteiger partial charge in [-0.1, -0.05) is 0 Å². The van der Waals surface area contributed by atoms with Crippen molar-refractivity contribution in [3.63, 3.8) is 0 Å². The predicted molar refractivity (Wildman–Crippen MR) is 107 cm³/mol. The second-order valence-corrected chi connectivity index (χ2v) is 7.47. The predicted octanol–water partition coefficient (Wildman–Crippen LogP) is 4.15. The second-order valence-electron chi connectivity index (χ2n) is 4.90. The molecule has 0 fully saturated rings. The van der Waals surface area contributed by atoms with Gasteiger partial charge >= 0.3 is 11.9 Å². The summed E-state index contributed by atoms with van der Waals surface area (Å²) in [5.41, 5.74) is 4.21. The molecule has 10 heteroatoms. The molecule has 0 radical (unpaired) electrons. The molecular weight excluding hydrogens is 490 g/mol. The quantitative estimate of drug-likeness (QED) is 0.264. The number of hydrogen-bond donors (Lipinski definition) is 1. The second kappa shape index (κ2) is 9.79. The van der Waals surface area contributed by atoms with Crippen LogP contribution in [-0.2, 0) is 20.7 Å². The SMILES string of the molecule is CCOC(=O)Cc1csc(NN=Cc2cc(Br)c(OC(C)=O)c(Br)c2)n1. The van der Waals surface area contributed by atoms with Crippen LogP contribution >= 0.6 is 43.2 Å². The molecule has 138 valence electrons. The zero-order chi connectivity index (χ0) is 19.1. The van der Waals surface area contributed by atoms with Crippen molar-refractivity contribution in [1.29, 1.82) is 0 Å². The molecule has 0 atom stereocenters. The van der Waals surface area contributed by atoms with Gasteiger partial charge < -0.3 is 9.47 Å². The number of carbonyl (C=O) groups excluding carboxylic acids is 2. The number of nitrogens with zero attached hydrogens (tertiary/aromatic N) is 2. The Balaban J connectivity index is 1.99. The van der Waals surface area contributed by atoms with E-state index in [0.29, 0.717) is 32.1 Å². The summed E-state index contributed by atoms with van der Waals surface area (Å²) in [6.45, 7) is 3.44. The molecule has 0 aliphatic carbocycles. The standard InChI is InChI=1S/C16H15Br2N3O4S/c1-3-24-14(23)6-11-8-26-16(20-11)21-19-7-10-4-12(17)15(13(18)5-10)25-9(2)22/h4-5,7-8H,3,6H2,1-2H3,(H,20,21). The summed E-state index contributed by atoms with van der Waals surface area (Å²) in [6.07, 6.45) is 1.73. The highest BCUT2D eigenvalue weighted by Gasteiger charge is 2.11. The highest BCUT2D eigenvalue weighted by molar-refractivity contribution is 9.11. The summed E-state index contributed by atoms with van der Waals surface area (Å²) in [6, 6.07) is 3.53. The van der Waals surface area contributed by atoms with Gasteiger partial charge in [-0.25, -0.2) is 4.98 Å². The van der Waals surface area contributed by atoms with E-state index in [2.05, 4.69) is 47.4 Å². The van der Waals surface area contributed by atoms with E-state index >= 15 is 0 Å². The van der Waals surface area contributed by atoms with E-state index in [9.17, 15) is 9.59 Å². The first kappa shape index (κ1) is 20.5. The lowest BCUT2D eigenvalue weighted by Crippen LogP contribution is -2.07. The van der Waals surface area contributed by atoms with Crippen molar-refractivity contribution >= 4 is 66.5 Å². The van der Waals surface area contributed by atoms with Crippen molar-refractivity contribution in [2.24, 2.45) is 5.10 Å². The Morgan fingerprint density at radius 2 is 2.04 bits per heavy atom. The highest BCUT2D eigenvalue weighted by Crippen LogP contribution is 2.34. The number of hydrazone groups is 1. The molecule has 1 heterocycles. The zero-order valence-corrected chi connectivity index (χ0v) is 17.9. The molecule has 7 nitrogen and oxygen atoms in total. The molecular formula is C16H15Br2N3O4S. The van der Waals surface area contributed by atoms with Gasteiger partial charge in [0.1, 0.15) is 0 Å². The first-order valence-corrected chi connectivity index (χ1v) is 9.92. The number of carbonyl (C=O) groups is 2. The minimum Gasteiger partial charge on any atom is -0.466 e. The lowest BCUT2D eigenvalue weighted by atomic mass is 10.2. The van der Waals surface area contributed by atoms with Gasteiger partial charge in [0.25, 0.3) is 0 Å². The Labute approximate surface area is 171 Å². The van der Waals surface area contributed by atoms with Crippen LogP contribution in [0.3, 0.4) is 0 Å². The maximum absolute atomic E-state index is 11.4.